The minimum absolute atomic E-state index is 0.457. The first kappa shape index (κ1) is 12.7. The van der Waals surface area contributed by atoms with Crippen molar-refractivity contribution >= 4 is 0 Å². The Labute approximate surface area is 107 Å². The van der Waals surface area contributed by atoms with E-state index in [2.05, 4.69) is 28.9 Å². The number of aliphatic hydroxyl groups is 1. The second kappa shape index (κ2) is 5.73. The first-order chi connectivity index (χ1) is 8.66. The van der Waals surface area contributed by atoms with Gasteiger partial charge in [0.1, 0.15) is 12.2 Å². The van der Waals surface area contributed by atoms with E-state index in [1.807, 2.05) is 16.8 Å². The fourth-order valence-electron chi connectivity index (χ4n) is 1.81. The van der Waals surface area contributed by atoms with Crippen LogP contribution >= 0.6 is 0 Å². The van der Waals surface area contributed by atoms with Gasteiger partial charge in [0.2, 0.25) is 0 Å². The fraction of sp³-hybridized carbons (Fsp3) is 0.462. The highest BCUT2D eigenvalue weighted by Crippen LogP contribution is 2.16. The van der Waals surface area contributed by atoms with Gasteiger partial charge in [-0.2, -0.15) is 5.10 Å². The van der Waals surface area contributed by atoms with Crippen LogP contribution in [0.15, 0.2) is 30.9 Å². The van der Waals surface area contributed by atoms with Crippen LogP contribution in [-0.4, -0.2) is 24.9 Å². The summed E-state index contributed by atoms with van der Waals surface area (Å²) in [6.45, 7) is 5.07. The predicted octanol–water partition coefficient (Wildman–Crippen LogP) is 1.61. The summed E-state index contributed by atoms with van der Waals surface area (Å²) in [5, 5.41) is 14.3. The first-order valence-corrected chi connectivity index (χ1v) is 6.11. The lowest BCUT2D eigenvalue weighted by molar-refractivity contribution is 0.173. The molecule has 0 aliphatic rings. The summed E-state index contributed by atoms with van der Waals surface area (Å²) in [6.07, 6.45) is 4.77. The van der Waals surface area contributed by atoms with Gasteiger partial charge in [0.25, 0.3) is 0 Å². The Kier molecular flexibility index (Phi) is 4.04. The van der Waals surface area contributed by atoms with E-state index in [0.717, 1.165) is 17.9 Å². The Balaban J connectivity index is 2.08. The van der Waals surface area contributed by atoms with E-state index < -0.39 is 6.10 Å². The van der Waals surface area contributed by atoms with Crippen LogP contribution in [0.1, 0.15) is 31.3 Å². The maximum absolute atomic E-state index is 10.1. The largest absolute Gasteiger partial charge is 0.388 e. The van der Waals surface area contributed by atoms with Gasteiger partial charge in [0, 0.05) is 25.4 Å². The summed E-state index contributed by atoms with van der Waals surface area (Å²) in [7, 11) is 0. The van der Waals surface area contributed by atoms with Gasteiger partial charge in [-0.1, -0.05) is 19.9 Å². The predicted molar refractivity (Wildman–Crippen MR) is 67.8 cm³/mol. The zero-order valence-corrected chi connectivity index (χ0v) is 10.7. The Morgan fingerprint density at radius 2 is 2.22 bits per heavy atom. The smallest absolute Gasteiger partial charge is 0.138 e. The molecule has 0 fully saturated rings. The van der Waals surface area contributed by atoms with E-state index >= 15 is 0 Å². The van der Waals surface area contributed by atoms with Crippen LogP contribution in [0.5, 0.6) is 0 Å². The summed E-state index contributed by atoms with van der Waals surface area (Å²) in [4.78, 5) is 8.21. The van der Waals surface area contributed by atoms with E-state index in [9.17, 15) is 5.11 Å². The first-order valence-electron chi connectivity index (χ1n) is 6.11. The molecule has 2 heterocycles. The number of hydrogen-bond acceptors (Lipinski definition) is 4. The van der Waals surface area contributed by atoms with Crippen molar-refractivity contribution in [1.82, 2.24) is 19.7 Å². The molecule has 2 rings (SSSR count). The highest BCUT2D eigenvalue weighted by atomic mass is 16.3. The standard InChI is InChI=1S/C13H18N4O/c1-10(2)8-17-13(15-9-16-17)6-12(18)11-4-3-5-14-7-11/h3-5,7,9-10,12,18H,6,8H2,1-2H3. The molecule has 1 atom stereocenters. The van der Waals surface area contributed by atoms with Crippen molar-refractivity contribution in [3.05, 3.63) is 42.2 Å². The number of aliphatic hydroxyl groups excluding tert-OH is 1. The van der Waals surface area contributed by atoms with E-state index in [-0.39, 0.29) is 0 Å². The average molecular weight is 246 g/mol. The van der Waals surface area contributed by atoms with Crippen LogP contribution in [0.25, 0.3) is 0 Å². The minimum atomic E-state index is -0.589. The molecule has 0 bridgehead atoms. The molecule has 5 heteroatoms. The summed E-state index contributed by atoms with van der Waals surface area (Å²) in [6, 6.07) is 3.68. The summed E-state index contributed by atoms with van der Waals surface area (Å²) < 4.78 is 1.85. The fourth-order valence-corrected chi connectivity index (χ4v) is 1.81. The minimum Gasteiger partial charge on any atom is -0.388 e. The topological polar surface area (TPSA) is 63.8 Å². The van der Waals surface area contributed by atoms with E-state index in [1.54, 1.807) is 12.4 Å². The van der Waals surface area contributed by atoms with Crippen LogP contribution in [0.2, 0.25) is 0 Å². The maximum atomic E-state index is 10.1. The van der Waals surface area contributed by atoms with Crippen molar-refractivity contribution in [3.8, 4) is 0 Å². The number of pyridine rings is 1. The molecule has 0 spiro atoms. The van der Waals surface area contributed by atoms with Crippen LogP contribution in [0.3, 0.4) is 0 Å². The Hall–Kier alpha value is -1.75. The van der Waals surface area contributed by atoms with E-state index in [4.69, 9.17) is 0 Å². The Bertz CT molecular complexity index is 481. The quantitative estimate of drug-likeness (QED) is 0.870. The van der Waals surface area contributed by atoms with Crippen molar-refractivity contribution in [3.63, 3.8) is 0 Å². The molecule has 5 nitrogen and oxygen atoms in total. The van der Waals surface area contributed by atoms with Crippen molar-refractivity contribution in [1.29, 1.82) is 0 Å². The van der Waals surface area contributed by atoms with Crippen LogP contribution < -0.4 is 0 Å². The molecule has 0 aromatic carbocycles. The molecule has 0 radical (unpaired) electrons. The zero-order chi connectivity index (χ0) is 13.0. The lowest BCUT2D eigenvalue weighted by atomic mass is 10.1. The molecule has 2 aromatic rings. The SMILES string of the molecule is CC(C)Cn1ncnc1CC(O)c1cccnc1. The van der Waals surface area contributed by atoms with Gasteiger partial charge in [0.15, 0.2) is 0 Å². The molecule has 0 amide bonds. The lowest BCUT2D eigenvalue weighted by Crippen LogP contribution is -2.13. The number of aromatic nitrogens is 4. The third kappa shape index (κ3) is 3.13. The molecular formula is C13H18N4O. The molecule has 0 saturated heterocycles. The Morgan fingerprint density at radius 3 is 2.89 bits per heavy atom. The van der Waals surface area contributed by atoms with Crippen molar-refractivity contribution < 1.29 is 5.11 Å². The van der Waals surface area contributed by atoms with Gasteiger partial charge in [-0.05, 0) is 17.5 Å². The molecule has 2 aromatic heterocycles. The molecule has 96 valence electrons. The second-order valence-electron chi connectivity index (χ2n) is 4.76. The van der Waals surface area contributed by atoms with E-state index in [0.29, 0.717) is 12.3 Å². The third-order valence-corrected chi connectivity index (χ3v) is 2.68. The molecular weight excluding hydrogens is 228 g/mol. The molecule has 0 aliphatic carbocycles. The van der Waals surface area contributed by atoms with Crippen molar-refractivity contribution in [2.75, 3.05) is 0 Å². The monoisotopic (exact) mass is 246 g/mol. The summed E-state index contributed by atoms with van der Waals surface area (Å²) in [5.41, 5.74) is 0.802. The highest BCUT2D eigenvalue weighted by Gasteiger charge is 2.13. The second-order valence-corrected chi connectivity index (χ2v) is 4.76. The van der Waals surface area contributed by atoms with Gasteiger partial charge >= 0.3 is 0 Å². The summed E-state index contributed by atoms with van der Waals surface area (Å²) >= 11 is 0. The normalized spacial score (nSPS) is 12.9. The molecule has 0 saturated carbocycles. The van der Waals surface area contributed by atoms with Gasteiger partial charge in [-0.3, -0.25) is 4.98 Å². The molecule has 1 unspecified atom stereocenters. The van der Waals surface area contributed by atoms with E-state index in [1.165, 1.54) is 6.33 Å². The number of rotatable bonds is 5. The highest BCUT2D eigenvalue weighted by molar-refractivity contribution is 5.13. The van der Waals surface area contributed by atoms with Crippen LogP contribution in [-0.2, 0) is 13.0 Å². The molecule has 1 N–H and O–H groups in total. The van der Waals surface area contributed by atoms with Gasteiger partial charge in [-0.15, -0.1) is 0 Å². The lowest BCUT2D eigenvalue weighted by Gasteiger charge is -2.12. The maximum Gasteiger partial charge on any atom is 0.138 e. The third-order valence-electron chi connectivity index (χ3n) is 2.68. The van der Waals surface area contributed by atoms with Crippen LogP contribution in [0, 0.1) is 5.92 Å². The van der Waals surface area contributed by atoms with Gasteiger partial charge < -0.3 is 5.11 Å². The molecule has 0 aliphatic heterocycles. The van der Waals surface area contributed by atoms with Crippen molar-refractivity contribution in [2.24, 2.45) is 5.92 Å². The number of nitrogens with zero attached hydrogens (tertiary/aromatic N) is 4. The zero-order valence-electron chi connectivity index (χ0n) is 10.7. The van der Waals surface area contributed by atoms with Crippen molar-refractivity contribution in [2.45, 2.75) is 32.9 Å². The Morgan fingerprint density at radius 1 is 1.39 bits per heavy atom. The average Bonchev–Trinajstić information content (AvgIpc) is 2.77. The summed E-state index contributed by atoms with van der Waals surface area (Å²) in [5.74, 6) is 1.31. The molecule has 18 heavy (non-hydrogen) atoms. The van der Waals surface area contributed by atoms with Gasteiger partial charge in [0.05, 0.1) is 6.10 Å². The number of hydrogen-bond donors (Lipinski definition) is 1. The van der Waals surface area contributed by atoms with Gasteiger partial charge in [-0.25, -0.2) is 9.67 Å². The van der Waals surface area contributed by atoms with Crippen LogP contribution in [0.4, 0.5) is 0 Å².